The van der Waals surface area contributed by atoms with Crippen molar-refractivity contribution in [2.75, 3.05) is 50.1 Å². The molecule has 3 rings (SSSR count). The number of hydrogen-bond donors (Lipinski definition) is 1. The largest absolute Gasteiger partial charge is 0.375 e. The Hall–Kier alpha value is -2.08. The number of hydrogen-bond acceptors (Lipinski definition) is 4. The molecule has 0 aliphatic carbocycles. The van der Waals surface area contributed by atoms with Gasteiger partial charge in [-0.2, -0.15) is 0 Å². The van der Waals surface area contributed by atoms with Gasteiger partial charge >= 0.3 is 0 Å². The Bertz CT molecular complexity index is 663. The van der Waals surface area contributed by atoms with Gasteiger partial charge in [-0.15, -0.1) is 0 Å². The summed E-state index contributed by atoms with van der Waals surface area (Å²) in [6.07, 6.45) is 5.60. The Morgan fingerprint density at radius 3 is 2.48 bits per heavy atom. The van der Waals surface area contributed by atoms with Crippen LogP contribution in [0.5, 0.6) is 0 Å². The third-order valence-corrected chi connectivity index (χ3v) is 5.55. The Morgan fingerprint density at radius 1 is 1.11 bits per heavy atom. The Balaban J connectivity index is 1.86. The average Bonchev–Trinajstić information content (AvgIpc) is 2.69. The Kier molecular flexibility index (Phi) is 6.72. The van der Waals surface area contributed by atoms with Gasteiger partial charge in [0.25, 0.3) is 5.91 Å². The maximum Gasteiger partial charge on any atom is 0.256 e. The van der Waals surface area contributed by atoms with Gasteiger partial charge < -0.3 is 19.9 Å². The minimum absolute atomic E-state index is 0.00116. The number of benzene rings is 1. The molecule has 2 fully saturated rings. The molecule has 1 N–H and O–H groups in total. The summed E-state index contributed by atoms with van der Waals surface area (Å²) < 4.78 is 4.88. The van der Waals surface area contributed by atoms with E-state index in [1.54, 1.807) is 0 Å². The van der Waals surface area contributed by atoms with Gasteiger partial charge in [-0.3, -0.25) is 9.59 Å². The van der Waals surface area contributed by atoms with Crippen molar-refractivity contribution in [3.63, 3.8) is 0 Å². The molecule has 2 heterocycles. The molecular weight excluding hydrogens is 342 g/mol. The number of anilines is 2. The predicted octanol–water partition coefficient (Wildman–Crippen LogP) is 3.13. The van der Waals surface area contributed by atoms with Crippen LogP contribution in [0, 0.1) is 5.92 Å². The number of rotatable bonds is 5. The van der Waals surface area contributed by atoms with Crippen molar-refractivity contribution in [2.45, 2.75) is 39.0 Å². The molecule has 0 saturated carbocycles. The van der Waals surface area contributed by atoms with E-state index in [2.05, 4.69) is 17.1 Å². The molecule has 2 aliphatic rings. The van der Waals surface area contributed by atoms with Crippen LogP contribution in [0.15, 0.2) is 18.2 Å². The molecular formula is C21H31N3O3. The highest BCUT2D eigenvalue weighted by Gasteiger charge is 2.25. The fraction of sp³-hybridized carbons (Fsp3) is 0.619. The van der Waals surface area contributed by atoms with Crippen molar-refractivity contribution in [1.82, 2.24) is 4.90 Å². The normalized spacial score (nSPS) is 18.4. The van der Waals surface area contributed by atoms with Crippen LogP contribution in [0.1, 0.15) is 49.4 Å². The molecule has 6 heteroatoms. The first kappa shape index (κ1) is 19.7. The first-order valence-electron chi connectivity index (χ1n) is 10.1. The standard InChI is InChI=1S/C21H31N3O3/c1-16-8-12-23(13-9-16)19-7-6-17(22-20(25)15-27-2)14-18(19)21(26)24-10-4-3-5-11-24/h6-7,14,16H,3-5,8-13,15H2,1-2H3,(H,22,25). The van der Waals surface area contributed by atoms with Crippen LogP contribution < -0.4 is 10.2 Å². The number of nitrogens with one attached hydrogen (secondary N) is 1. The van der Waals surface area contributed by atoms with Crippen LogP contribution >= 0.6 is 0 Å². The summed E-state index contributed by atoms with van der Waals surface area (Å²) in [4.78, 5) is 29.4. The number of ether oxygens (including phenoxy) is 1. The summed E-state index contributed by atoms with van der Waals surface area (Å²) in [5, 5.41) is 2.83. The molecule has 27 heavy (non-hydrogen) atoms. The zero-order valence-electron chi connectivity index (χ0n) is 16.5. The lowest BCUT2D eigenvalue weighted by Gasteiger charge is -2.35. The maximum absolute atomic E-state index is 13.3. The molecule has 0 bridgehead atoms. The van der Waals surface area contributed by atoms with E-state index >= 15 is 0 Å². The second-order valence-corrected chi connectivity index (χ2v) is 7.74. The fourth-order valence-electron chi connectivity index (χ4n) is 3.91. The van der Waals surface area contributed by atoms with Gasteiger partial charge in [0.2, 0.25) is 5.91 Å². The topological polar surface area (TPSA) is 61.9 Å². The zero-order chi connectivity index (χ0) is 19.2. The van der Waals surface area contributed by atoms with E-state index in [-0.39, 0.29) is 18.4 Å². The van der Waals surface area contributed by atoms with Gasteiger partial charge in [-0.25, -0.2) is 0 Å². The number of carbonyl (C=O) groups is 2. The summed E-state index contributed by atoms with van der Waals surface area (Å²) in [5.41, 5.74) is 2.33. The first-order valence-corrected chi connectivity index (χ1v) is 10.1. The molecule has 0 spiro atoms. The number of nitrogens with zero attached hydrogens (tertiary/aromatic N) is 2. The monoisotopic (exact) mass is 373 g/mol. The van der Waals surface area contributed by atoms with E-state index in [4.69, 9.17) is 4.74 Å². The van der Waals surface area contributed by atoms with Crippen LogP contribution in [-0.2, 0) is 9.53 Å². The zero-order valence-corrected chi connectivity index (χ0v) is 16.5. The highest BCUT2D eigenvalue weighted by molar-refractivity contribution is 6.02. The van der Waals surface area contributed by atoms with Crippen molar-refractivity contribution in [3.8, 4) is 0 Å². The minimum Gasteiger partial charge on any atom is -0.375 e. The molecule has 0 aromatic heterocycles. The van der Waals surface area contributed by atoms with Gasteiger partial charge in [0, 0.05) is 44.7 Å². The highest BCUT2D eigenvalue weighted by Crippen LogP contribution is 2.30. The lowest BCUT2D eigenvalue weighted by molar-refractivity contribution is -0.119. The molecule has 0 atom stereocenters. The molecule has 2 saturated heterocycles. The van der Waals surface area contributed by atoms with E-state index in [0.29, 0.717) is 11.3 Å². The van der Waals surface area contributed by atoms with Crippen molar-refractivity contribution in [3.05, 3.63) is 23.8 Å². The minimum atomic E-state index is -0.214. The van der Waals surface area contributed by atoms with Crippen molar-refractivity contribution < 1.29 is 14.3 Å². The number of amides is 2. The lowest BCUT2D eigenvalue weighted by Crippen LogP contribution is -2.38. The number of methoxy groups -OCH3 is 1. The third-order valence-electron chi connectivity index (χ3n) is 5.55. The van der Waals surface area contributed by atoms with E-state index in [0.717, 1.165) is 63.5 Å². The van der Waals surface area contributed by atoms with Gasteiger partial charge in [-0.1, -0.05) is 6.92 Å². The molecule has 1 aromatic rings. The summed E-state index contributed by atoms with van der Waals surface area (Å²) in [5.74, 6) is 0.592. The molecule has 0 radical (unpaired) electrons. The molecule has 6 nitrogen and oxygen atoms in total. The van der Waals surface area contributed by atoms with Gasteiger partial charge in [-0.05, 0) is 56.2 Å². The lowest BCUT2D eigenvalue weighted by atomic mass is 9.97. The van der Waals surface area contributed by atoms with Crippen LogP contribution in [0.3, 0.4) is 0 Å². The fourth-order valence-corrected chi connectivity index (χ4v) is 3.91. The first-order chi connectivity index (χ1) is 13.1. The molecule has 2 aliphatic heterocycles. The van der Waals surface area contributed by atoms with Crippen molar-refractivity contribution in [2.24, 2.45) is 5.92 Å². The molecule has 2 amide bonds. The van der Waals surface area contributed by atoms with E-state index in [1.165, 1.54) is 13.5 Å². The Labute approximate surface area is 161 Å². The van der Waals surface area contributed by atoms with E-state index < -0.39 is 0 Å². The number of piperidine rings is 2. The highest BCUT2D eigenvalue weighted by atomic mass is 16.5. The third kappa shape index (κ3) is 5.01. The van der Waals surface area contributed by atoms with Crippen LogP contribution in [0.25, 0.3) is 0 Å². The quantitative estimate of drug-likeness (QED) is 0.861. The second kappa shape index (κ2) is 9.22. The number of likely N-dealkylation sites (tertiary alicyclic amines) is 1. The van der Waals surface area contributed by atoms with Gasteiger partial charge in [0.15, 0.2) is 0 Å². The van der Waals surface area contributed by atoms with Gasteiger partial charge in [0.1, 0.15) is 6.61 Å². The number of carbonyl (C=O) groups excluding carboxylic acids is 2. The summed E-state index contributed by atoms with van der Waals surface area (Å²) in [7, 11) is 1.49. The second-order valence-electron chi connectivity index (χ2n) is 7.74. The molecule has 148 valence electrons. The predicted molar refractivity (Wildman–Crippen MR) is 107 cm³/mol. The summed E-state index contributed by atoms with van der Waals surface area (Å²) >= 11 is 0. The SMILES string of the molecule is COCC(=O)Nc1ccc(N2CCC(C)CC2)c(C(=O)N2CCCCC2)c1. The van der Waals surface area contributed by atoms with Crippen LogP contribution in [0.2, 0.25) is 0 Å². The van der Waals surface area contributed by atoms with E-state index in [1.807, 2.05) is 23.1 Å². The van der Waals surface area contributed by atoms with Crippen LogP contribution in [0.4, 0.5) is 11.4 Å². The smallest absolute Gasteiger partial charge is 0.256 e. The summed E-state index contributed by atoms with van der Waals surface area (Å²) in [6, 6.07) is 5.70. The van der Waals surface area contributed by atoms with Crippen molar-refractivity contribution >= 4 is 23.2 Å². The van der Waals surface area contributed by atoms with Crippen LogP contribution in [-0.4, -0.2) is 56.6 Å². The maximum atomic E-state index is 13.3. The average molecular weight is 373 g/mol. The molecule has 0 unspecified atom stereocenters. The molecule has 1 aromatic carbocycles. The summed E-state index contributed by atoms with van der Waals surface area (Å²) in [6.45, 7) is 5.85. The van der Waals surface area contributed by atoms with Gasteiger partial charge in [0.05, 0.1) is 5.56 Å². The van der Waals surface area contributed by atoms with Crippen molar-refractivity contribution in [1.29, 1.82) is 0 Å². The Morgan fingerprint density at radius 2 is 1.81 bits per heavy atom. The van der Waals surface area contributed by atoms with E-state index in [9.17, 15) is 9.59 Å².